The van der Waals surface area contributed by atoms with E-state index in [4.69, 9.17) is 9.26 Å². The predicted molar refractivity (Wildman–Crippen MR) is 87.3 cm³/mol. The van der Waals surface area contributed by atoms with Crippen LogP contribution >= 0.6 is 0 Å². The Balaban J connectivity index is 1.64. The SMILES string of the molecule is Cc1nc(NCc2cc(CC(C)C)no2)cc(C2CCOC2)n1. The summed E-state index contributed by atoms with van der Waals surface area (Å²) >= 11 is 0. The molecule has 1 saturated heterocycles. The predicted octanol–water partition coefficient (Wildman–Crippen LogP) is 3.09. The molecular weight excluding hydrogens is 292 g/mol. The molecule has 0 aromatic carbocycles. The van der Waals surface area contributed by atoms with Gasteiger partial charge in [0.15, 0.2) is 5.76 Å². The van der Waals surface area contributed by atoms with Crippen molar-refractivity contribution in [2.24, 2.45) is 5.92 Å². The molecule has 2 aromatic heterocycles. The maximum Gasteiger partial charge on any atom is 0.156 e. The average Bonchev–Trinajstić information content (AvgIpc) is 3.15. The zero-order valence-electron chi connectivity index (χ0n) is 14.0. The number of nitrogens with zero attached hydrogens (tertiary/aromatic N) is 3. The van der Waals surface area contributed by atoms with Gasteiger partial charge in [-0.1, -0.05) is 19.0 Å². The molecule has 1 unspecified atom stereocenters. The topological polar surface area (TPSA) is 73.1 Å². The molecule has 124 valence electrons. The van der Waals surface area contributed by atoms with Crippen LogP contribution in [0.3, 0.4) is 0 Å². The van der Waals surface area contributed by atoms with Crippen LogP contribution in [0.5, 0.6) is 0 Å². The Bertz CT molecular complexity index is 648. The first-order chi connectivity index (χ1) is 11.1. The normalized spacial score (nSPS) is 17.8. The summed E-state index contributed by atoms with van der Waals surface area (Å²) in [6, 6.07) is 4.02. The van der Waals surface area contributed by atoms with Gasteiger partial charge in [0.05, 0.1) is 24.5 Å². The number of rotatable bonds is 6. The third kappa shape index (κ3) is 4.28. The van der Waals surface area contributed by atoms with E-state index in [9.17, 15) is 0 Å². The van der Waals surface area contributed by atoms with Crippen LogP contribution in [0.1, 0.15) is 49.2 Å². The Labute approximate surface area is 136 Å². The van der Waals surface area contributed by atoms with Crippen molar-refractivity contribution in [3.8, 4) is 0 Å². The zero-order valence-corrected chi connectivity index (χ0v) is 14.0. The number of nitrogens with one attached hydrogen (secondary N) is 1. The molecule has 0 spiro atoms. The Hall–Kier alpha value is -1.95. The van der Waals surface area contributed by atoms with E-state index in [0.29, 0.717) is 18.4 Å². The molecular formula is C17H24N4O2. The number of anilines is 1. The molecule has 6 nitrogen and oxygen atoms in total. The average molecular weight is 316 g/mol. The number of aryl methyl sites for hydroxylation is 1. The lowest BCUT2D eigenvalue weighted by Crippen LogP contribution is -2.07. The molecule has 2 aromatic rings. The van der Waals surface area contributed by atoms with Gasteiger partial charge in [0, 0.05) is 24.7 Å². The second-order valence-electron chi connectivity index (χ2n) is 6.52. The van der Waals surface area contributed by atoms with Crippen molar-refractivity contribution in [3.63, 3.8) is 0 Å². The molecule has 1 N–H and O–H groups in total. The van der Waals surface area contributed by atoms with Crippen LogP contribution in [0.15, 0.2) is 16.7 Å². The molecule has 6 heteroatoms. The van der Waals surface area contributed by atoms with E-state index >= 15 is 0 Å². The first-order valence-electron chi connectivity index (χ1n) is 8.22. The minimum atomic E-state index is 0.375. The van der Waals surface area contributed by atoms with Crippen molar-refractivity contribution in [1.29, 1.82) is 0 Å². The third-order valence-electron chi connectivity index (χ3n) is 3.87. The summed E-state index contributed by atoms with van der Waals surface area (Å²) in [6.07, 6.45) is 1.96. The summed E-state index contributed by atoms with van der Waals surface area (Å²) in [7, 11) is 0. The number of hydrogen-bond acceptors (Lipinski definition) is 6. The van der Waals surface area contributed by atoms with E-state index in [2.05, 4.69) is 34.3 Å². The van der Waals surface area contributed by atoms with Gasteiger partial charge in [-0.2, -0.15) is 0 Å². The van der Waals surface area contributed by atoms with E-state index in [-0.39, 0.29) is 0 Å². The molecule has 3 rings (SSSR count). The maximum atomic E-state index is 5.45. The summed E-state index contributed by atoms with van der Waals surface area (Å²) in [6.45, 7) is 8.39. The second-order valence-corrected chi connectivity index (χ2v) is 6.52. The molecule has 0 saturated carbocycles. The maximum absolute atomic E-state index is 5.45. The lowest BCUT2D eigenvalue weighted by atomic mass is 10.0. The van der Waals surface area contributed by atoms with Crippen molar-refractivity contribution in [2.75, 3.05) is 18.5 Å². The largest absolute Gasteiger partial charge is 0.381 e. The molecule has 1 atom stereocenters. The quantitative estimate of drug-likeness (QED) is 0.883. The summed E-state index contributed by atoms with van der Waals surface area (Å²) in [4.78, 5) is 8.99. The molecule has 1 aliphatic heterocycles. The van der Waals surface area contributed by atoms with E-state index in [1.54, 1.807) is 0 Å². The molecule has 23 heavy (non-hydrogen) atoms. The minimum Gasteiger partial charge on any atom is -0.381 e. The molecule has 0 bridgehead atoms. The molecule has 0 aliphatic carbocycles. The van der Waals surface area contributed by atoms with Crippen molar-refractivity contribution >= 4 is 5.82 Å². The van der Waals surface area contributed by atoms with Gasteiger partial charge in [0.2, 0.25) is 0 Å². The Morgan fingerprint density at radius 2 is 2.17 bits per heavy atom. The van der Waals surface area contributed by atoms with Gasteiger partial charge in [-0.25, -0.2) is 9.97 Å². The van der Waals surface area contributed by atoms with E-state index in [1.807, 2.05) is 19.1 Å². The fourth-order valence-electron chi connectivity index (χ4n) is 2.79. The Kier molecular flexibility index (Phi) is 4.91. The summed E-state index contributed by atoms with van der Waals surface area (Å²) in [5.41, 5.74) is 2.05. The first-order valence-corrected chi connectivity index (χ1v) is 8.22. The molecule has 3 heterocycles. The molecule has 0 radical (unpaired) electrons. The number of hydrogen-bond donors (Lipinski definition) is 1. The number of ether oxygens (including phenoxy) is 1. The van der Waals surface area contributed by atoms with Crippen LogP contribution in [0.25, 0.3) is 0 Å². The van der Waals surface area contributed by atoms with Gasteiger partial charge in [-0.05, 0) is 25.7 Å². The van der Waals surface area contributed by atoms with Crippen LogP contribution in [0.2, 0.25) is 0 Å². The van der Waals surface area contributed by atoms with Crippen molar-refractivity contribution in [3.05, 3.63) is 35.1 Å². The molecule has 1 fully saturated rings. The van der Waals surface area contributed by atoms with E-state index in [1.165, 1.54) is 0 Å². The van der Waals surface area contributed by atoms with Gasteiger partial charge in [0.25, 0.3) is 0 Å². The van der Waals surface area contributed by atoms with Crippen LogP contribution < -0.4 is 5.32 Å². The second kappa shape index (κ2) is 7.08. The highest BCUT2D eigenvalue weighted by Gasteiger charge is 2.20. The summed E-state index contributed by atoms with van der Waals surface area (Å²) in [5.74, 6) is 3.36. The fourth-order valence-corrected chi connectivity index (χ4v) is 2.79. The molecule has 1 aliphatic rings. The smallest absolute Gasteiger partial charge is 0.156 e. The Morgan fingerprint density at radius 1 is 1.30 bits per heavy atom. The van der Waals surface area contributed by atoms with Gasteiger partial charge >= 0.3 is 0 Å². The third-order valence-corrected chi connectivity index (χ3v) is 3.87. The highest BCUT2D eigenvalue weighted by molar-refractivity contribution is 5.37. The van der Waals surface area contributed by atoms with Crippen molar-refractivity contribution in [2.45, 2.75) is 46.1 Å². The number of aromatic nitrogens is 3. The fraction of sp³-hybridized carbons (Fsp3) is 0.588. The summed E-state index contributed by atoms with van der Waals surface area (Å²) in [5, 5.41) is 7.41. The zero-order chi connectivity index (χ0) is 16.2. The van der Waals surface area contributed by atoms with Crippen LogP contribution in [-0.4, -0.2) is 28.3 Å². The van der Waals surface area contributed by atoms with Crippen molar-refractivity contribution in [1.82, 2.24) is 15.1 Å². The standard InChI is InChI=1S/C17H24N4O2/c1-11(2)6-14-7-15(23-21-14)9-18-17-8-16(19-12(3)20-17)13-4-5-22-10-13/h7-8,11,13H,4-6,9-10H2,1-3H3,(H,18,19,20). The Morgan fingerprint density at radius 3 is 2.91 bits per heavy atom. The monoisotopic (exact) mass is 316 g/mol. The lowest BCUT2D eigenvalue weighted by molar-refractivity contribution is 0.193. The first kappa shape index (κ1) is 15.9. The van der Waals surface area contributed by atoms with Gasteiger partial charge < -0.3 is 14.6 Å². The summed E-state index contributed by atoms with van der Waals surface area (Å²) < 4.78 is 10.8. The van der Waals surface area contributed by atoms with Crippen LogP contribution in [0, 0.1) is 12.8 Å². The van der Waals surface area contributed by atoms with Crippen molar-refractivity contribution < 1.29 is 9.26 Å². The van der Waals surface area contributed by atoms with Crippen LogP contribution in [0.4, 0.5) is 5.82 Å². The van der Waals surface area contributed by atoms with E-state index < -0.39 is 0 Å². The van der Waals surface area contributed by atoms with Crippen LogP contribution in [-0.2, 0) is 17.7 Å². The van der Waals surface area contributed by atoms with Gasteiger partial charge in [0.1, 0.15) is 11.6 Å². The van der Waals surface area contributed by atoms with E-state index in [0.717, 1.165) is 54.8 Å². The minimum absolute atomic E-state index is 0.375. The van der Waals surface area contributed by atoms with Gasteiger partial charge in [-0.15, -0.1) is 0 Å². The van der Waals surface area contributed by atoms with Gasteiger partial charge in [-0.3, -0.25) is 0 Å². The highest BCUT2D eigenvalue weighted by atomic mass is 16.5. The lowest BCUT2D eigenvalue weighted by Gasteiger charge is -2.10. The molecule has 0 amide bonds. The highest BCUT2D eigenvalue weighted by Crippen LogP contribution is 2.25.